The number of sulfone groups is 1. The molecule has 2 aromatic rings. The molecule has 4 rings (SSSR count). The number of hydrogen-bond acceptors (Lipinski definition) is 4. The molecular weight excluding hydrogens is 631 g/mol. The first kappa shape index (κ1) is 34.7. The maximum absolute atomic E-state index is 14.8. The molecule has 1 atom stereocenters. The Morgan fingerprint density at radius 2 is 1.47 bits per heavy atom. The lowest BCUT2D eigenvalue weighted by atomic mass is 9.81. The van der Waals surface area contributed by atoms with Crippen LogP contribution < -0.4 is 0 Å². The van der Waals surface area contributed by atoms with Crippen LogP contribution in [0.4, 0.5) is 30.7 Å². The van der Waals surface area contributed by atoms with E-state index < -0.39 is 68.4 Å². The van der Waals surface area contributed by atoms with Crippen molar-refractivity contribution < 1.29 is 53.8 Å². The van der Waals surface area contributed by atoms with Gasteiger partial charge < -0.3 is 10.0 Å². The molecule has 14 heteroatoms. The van der Waals surface area contributed by atoms with Crippen LogP contribution in [0.3, 0.4) is 0 Å². The van der Waals surface area contributed by atoms with Gasteiger partial charge in [0.2, 0.25) is 5.91 Å². The fourth-order valence-corrected chi connectivity index (χ4v) is 8.60. The monoisotopic (exact) mass is 665 g/mol. The Labute approximate surface area is 256 Å². The Balaban J connectivity index is 1.77. The molecule has 6 nitrogen and oxygen atoms in total. The van der Waals surface area contributed by atoms with E-state index in [4.69, 9.17) is 0 Å². The number of halogens is 7. The van der Waals surface area contributed by atoms with Crippen LogP contribution in [0.15, 0.2) is 53.4 Å². The second kappa shape index (κ2) is 12.2. The highest BCUT2D eigenvalue weighted by molar-refractivity contribution is 7.92. The van der Waals surface area contributed by atoms with Gasteiger partial charge in [0.25, 0.3) is 0 Å². The van der Waals surface area contributed by atoms with E-state index in [2.05, 4.69) is 0 Å². The van der Waals surface area contributed by atoms with Crippen LogP contribution in [0.25, 0.3) is 0 Å². The molecule has 45 heavy (non-hydrogen) atoms. The summed E-state index contributed by atoms with van der Waals surface area (Å²) in [5, 5.41) is 9.28. The van der Waals surface area contributed by atoms with Crippen LogP contribution >= 0.6 is 0 Å². The third kappa shape index (κ3) is 6.31. The van der Waals surface area contributed by atoms with Crippen molar-refractivity contribution in [2.75, 3.05) is 13.1 Å². The lowest BCUT2D eigenvalue weighted by molar-refractivity contribution is -0.348. The third-order valence-electron chi connectivity index (χ3n) is 8.93. The van der Waals surface area contributed by atoms with Gasteiger partial charge in [-0.1, -0.05) is 50.2 Å². The molecule has 0 aromatic heterocycles. The van der Waals surface area contributed by atoms with Crippen molar-refractivity contribution in [1.82, 2.24) is 4.90 Å². The fraction of sp³-hybridized carbons (Fsp3) is 0.548. The zero-order valence-corrected chi connectivity index (χ0v) is 25.4. The first-order valence-corrected chi connectivity index (χ1v) is 16.0. The van der Waals surface area contributed by atoms with Gasteiger partial charge in [0.1, 0.15) is 4.75 Å². The molecule has 2 fully saturated rings. The molecular formula is C31H34F7NO5S. The standard InChI is InChI=1S/C31H34F7NO5S/c1-19(2)16-20-4-3-5-25(17-20)45(43,44)28(14-15-39(18-28)26(40)21-6-8-22(9-7-21)27(41)42)23-10-12-24(13-11-23)29(32,30(33,34)35)31(36,37)38/h3-5,10-13,17,19,21-22H,6-9,14-16,18H2,1-2H3,(H,41,42). The molecule has 1 saturated carbocycles. The smallest absolute Gasteiger partial charge is 0.435 e. The Bertz CT molecular complexity index is 1500. The summed E-state index contributed by atoms with van der Waals surface area (Å²) in [6, 6.07) is 8.15. The molecule has 1 aliphatic carbocycles. The number of carboxylic acids is 1. The summed E-state index contributed by atoms with van der Waals surface area (Å²) in [7, 11) is -4.44. The third-order valence-corrected chi connectivity index (χ3v) is 11.4. The van der Waals surface area contributed by atoms with Crippen molar-refractivity contribution in [2.45, 2.75) is 80.0 Å². The van der Waals surface area contributed by atoms with E-state index >= 15 is 0 Å². The average Bonchev–Trinajstić information content (AvgIpc) is 3.42. The first-order chi connectivity index (χ1) is 20.7. The first-order valence-electron chi connectivity index (χ1n) is 14.5. The summed E-state index contributed by atoms with van der Waals surface area (Å²) in [4.78, 5) is 26.0. The van der Waals surface area contributed by atoms with Crippen molar-refractivity contribution in [3.05, 3.63) is 65.2 Å². The van der Waals surface area contributed by atoms with Crippen molar-refractivity contribution >= 4 is 21.7 Å². The van der Waals surface area contributed by atoms with Gasteiger partial charge in [-0.05, 0) is 67.7 Å². The second-order valence-corrected chi connectivity index (χ2v) is 14.6. The molecule has 1 heterocycles. The molecule has 248 valence electrons. The Kier molecular flexibility index (Phi) is 9.42. The van der Waals surface area contributed by atoms with Crippen molar-refractivity contribution in [3.8, 4) is 0 Å². The number of amides is 1. The predicted octanol–water partition coefficient (Wildman–Crippen LogP) is 6.97. The lowest BCUT2D eigenvalue weighted by Gasteiger charge is -2.33. The number of nitrogens with zero attached hydrogens (tertiary/aromatic N) is 1. The molecule has 0 bridgehead atoms. The van der Waals surface area contributed by atoms with Crippen LogP contribution in [-0.2, 0) is 36.3 Å². The number of rotatable bonds is 8. The molecule has 1 aliphatic heterocycles. The Morgan fingerprint density at radius 1 is 0.911 bits per heavy atom. The van der Waals surface area contributed by atoms with E-state index in [0.717, 1.165) is 12.1 Å². The van der Waals surface area contributed by atoms with Gasteiger partial charge in [-0.15, -0.1) is 0 Å². The Morgan fingerprint density at radius 3 is 1.98 bits per heavy atom. The number of alkyl halides is 7. The summed E-state index contributed by atoms with van der Waals surface area (Å²) in [6.07, 6.45) is -11.3. The highest BCUT2D eigenvalue weighted by atomic mass is 32.2. The topological polar surface area (TPSA) is 91.8 Å². The van der Waals surface area contributed by atoms with Gasteiger partial charge in [0, 0.05) is 24.6 Å². The summed E-state index contributed by atoms with van der Waals surface area (Å²) < 4.78 is 122. The SMILES string of the molecule is CC(C)Cc1cccc(S(=O)(=O)C2(c3ccc(C(F)(C(F)(F)F)C(F)(F)F)cc3)CCN(C(=O)C3CCC(C(=O)O)CC3)C2)c1. The van der Waals surface area contributed by atoms with Crippen molar-refractivity contribution in [1.29, 1.82) is 0 Å². The molecule has 1 saturated heterocycles. The summed E-state index contributed by atoms with van der Waals surface area (Å²) in [5.74, 6) is -2.37. The van der Waals surface area contributed by atoms with Crippen LogP contribution in [0.2, 0.25) is 0 Å². The number of carboxylic acid groups (broad SMARTS) is 1. The lowest BCUT2D eigenvalue weighted by Crippen LogP contribution is -2.50. The minimum atomic E-state index is -6.34. The van der Waals surface area contributed by atoms with Crippen molar-refractivity contribution in [3.63, 3.8) is 0 Å². The number of aliphatic carboxylic acids is 1. The largest absolute Gasteiger partial charge is 0.481 e. The highest BCUT2D eigenvalue weighted by Gasteiger charge is 2.73. The minimum absolute atomic E-state index is 0.0808. The van der Waals surface area contributed by atoms with Crippen LogP contribution in [0, 0.1) is 17.8 Å². The number of likely N-dealkylation sites (tertiary alicyclic amines) is 1. The van der Waals surface area contributed by atoms with Gasteiger partial charge in [-0.25, -0.2) is 12.8 Å². The highest BCUT2D eigenvalue weighted by Crippen LogP contribution is 2.54. The molecule has 0 spiro atoms. The summed E-state index contributed by atoms with van der Waals surface area (Å²) in [6.45, 7) is 3.34. The second-order valence-electron chi connectivity index (χ2n) is 12.4. The van der Waals surface area contributed by atoms with Gasteiger partial charge in [0.05, 0.1) is 10.8 Å². The zero-order valence-electron chi connectivity index (χ0n) is 24.6. The average molecular weight is 666 g/mol. The maximum atomic E-state index is 14.8. The maximum Gasteiger partial charge on any atom is 0.435 e. The van der Waals surface area contributed by atoms with E-state index in [1.165, 1.54) is 23.1 Å². The molecule has 2 aliphatic rings. The quantitative estimate of drug-likeness (QED) is 0.308. The molecule has 0 radical (unpaired) electrons. The van der Waals surface area contributed by atoms with Crippen LogP contribution in [-0.4, -0.2) is 55.7 Å². The van der Waals surface area contributed by atoms with Crippen LogP contribution in [0.5, 0.6) is 0 Å². The van der Waals surface area contributed by atoms with Gasteiger partial charge in [0.15, 0.2) is 9.84 Å². The van der Waals surface area contributed by atoms with Gasteiger partial charge in [-0.2, -0.15) is 26.3 Å². The van der Waals surface area contributed by atoms with Gasteiger partial charge in [-0.3, -0.25) is 9.59 Å². The predicted molar refractivity (Wildman–Crippen MR) is 149 cm³/mol. The van der Waals surface area contributed by atoms with Crippen LogP contribution in [0.1, 0.15) is 62.6 Å². The van der Waals surface area contributed by atoms with E-state index in [1.54, 1.807) is 6.07 Å². The number of benzene rings is 2. The van der Waals surface area contributed by atoms with E-state index in [1.807, 2.05) is 13.8 Å². The number of carbonyl (C=O) groups is 2. The van der Waals surface area contributed by atoms with Gasteiger partial charge >= 0.3 is 24.0 Å². The van der Waals surface area contributed by atoms with Crippen molar-refractivity contribution in [2.24, 2.45) is 17.8 Å². The van der Waals surface area contributed by atoms with E-state index in [-0.39, 0.29) is 55.0 Å². The number of hydrogen-bond donors (Lipinski definition) is 1. The molecule has 1 amide bonds. The summed E-state index contributed by atoms with van der Waals surface area (Å²) >= 11 is 0. The fourth-order valence-electron chi connectivity index (χ4n) is 6.45. The minimum Gasteiger partial charge on any atom is -0.481 e. The number of carbonyl (C=O) groups excluding carboxylic acids is 1. The molecule has 2 aromatic carbocycles. The van der Waals surface area contributed by atoms with E-state index in [9.17, 15) is 53.8 Å². The molecule has 1 unspecified atom stereocenters. The summed E-state index contributed by atoms with van der Waals surface area (Å²) in [5.41, 5.74) is -6.94. The normalized spacial score (nSPS) is 23.4. The Hall–Kier alpha value is -3.16. The molecule has 1 N–H and O–H groups in total. The zero-order chi connectivity index (χ0) is 33.6. The van der Waals surface area contributed by atoms with E-state index in [0.29, 0.717) is 24.1 Å².